The van der Waals surface area contributed by atoms with Crippen LogP contribution in [0.3, 0.4) is 0 Å². The van der Waals surface area contributed by atoms with Crippen LogP contribution in [0.5, 0.6) is 5.75 Å². The van der Waals surface area contributed by atoms with Crippen LogP contribution < -0.4 is 9.46 Å². The third kappa shape index (κ3) is 4.19. The fraction of sp³-hybridized carbons (Fsp3) is 0.200. The van der Waals surface area contributed by atoms with E-state index in [1.54, 1.807) is 12.1 Å². The van der Waals surface area contributed by atoms with Crippen LogP contribution in [0.2, 0.25) is 5.02 Å². The second-order valence-electron chi connectivity index (χ2n) is 4.46. The average molecular weight is 344 g/mol. The van der Waals surface area contributed by atoms with Crippen LogP contribution in [-0.4, -0.2) is 15.0 Å². The van der Waals surface area contributed by atoms with Crippen LogP contribution in [0, 0.1) is 5.82 Å². The summed E-state index contributed by atoms with van der Waals surface area (Å²) in [5.74, 6) is 0.0705. The molecule has 0 aliphatic rings. The molecular weight excluding hydrogens is 329 g/mol. The minimum atomic E-state index is -3.74. The summed E-state index contributed by atoms with van der Waals surface area (Å²) in [6.07, 6.45) is 0. The zero-order chi connectivity index (χ0) is 16.2. The molecule has 0 spiro atoms. The number of sulfonamides is 1. The molecule has 0 aromatic heterocycles. The Labute approximate surface area is 133 Å². The van der Waals surface area contributed by atoms with Crippen molar-refractivity contribution < 1.29 is 17.5 Å². The molecule has 118 valence electrons. The number of hydrogen-bond acceptors (Lipinski definition) is 3. The first-order chi connectivity index (χ1) is 10.4. The summed E-state index contributed by atoms with van der Waals surface area (Å²) in [5.41, 5.74) is 0.182. The largest absolute Gasteiger partial charge is 0.494 e. The normalized spacial score (nSPS) is 11.4. The van der Waals surface area contributed by atoms with Gasteiger partial charge in [-0.15, -0.1) is 0 Å². The van der Waals surface area contributed by atoms with E-state index < -0.39 is 15.8 Å². The van der Waals surface area contributed by atoms with E-state index in [0.29, 0.717) is 17.4 Å². The molecule has 2 aromatic carbocycles. The lowest BCUT2D eigenvalue weighted by atomic mass is 10.2. The van der Waals surface area contributed by atoms with Crippen LogP contribution in [0.25, 0.3) is 0 Å². The van der Waals surface area contributed by atoms with E-state index in [2.05, 4.69) is 4.72 Å². The van der Waals surface area contributed by atoms with E-state index >= 15 is 0 Å². The van der Waals surface area contributed by atoms with Gasteiger partial charge < -0.3 is 4.74 Å². The van der Waals surface area contributed by atoms with Crippen molar-refractivity contribution in [3.05, 3.63) is 58.9 Å². The van der Waals surface area contributed by atoms with Crippen molar-refractivity contribution >= 4 is 21.6 Å². The number of ether oxygens (including phenoxy) is 1. The summed E-state index contributed by atoms with van der Waals surface area (Å²) in [5, 5.41) is 0.344. The highest BCUT2D eigenvalue weighted by Gasteiger charge is 2.15. The highest BCUT2D eigenvalue weighted by Crippen LogP contribution is 2.18. The van der Waals surface area contributed by atoms with Crippen LogP contribution >= 0.6 is 11.6 Å². The predicted octanol–water partition coefficient (Wildman–Crippen LogP) is 3.36. The summed E-state index contributed by atoms with van der Waals surface area (Å²) in [7, 11) is -3.74. The second kappa shape index (κ2) is 7.09. The minimum absolute atomic E-state index is 0.0818. The van der Waals surface area contributed by atoms with Crippen LogP contribution in [-0.2, 0) is 16.6 Å². The molecule has 0 aliphatic carbocycles. The average Bonchev–Trinajstić information content (AvgIpc) is 2.49. The van der Waals surface area contributed by atoms with Gasteiger partial charge in [-0.05, 0) is 49.4 Å². The first-order valence-electron chi connectivity index (χ1n) is 6.59. The van der Waals surface area contributed by atoms with Crippen molar-refractivity contribution in [3.63, 3.8) is 0 Å². The van der Waals surface area contributed by atoms with Gasteiger partial charge in [0.1, 0.15) is 11.6 Å². The lowest BCUT2D eigenvalue weighted by Crippen LogP contribution is -2.23. The SMILES string of the molecule is CCOc1ccc(S(=O)(=O)NCc2cc(Cl)ccc2F)cc1. The molecule has 0 bridgehead atoms. The maximum absolute atomic E-state index is 13.6. The van der Waals surface area contributed by atoms with Crippen molar-refractivity contribution in [1.29, 1.82) is 0 Å². The van der Waals surface area contributed by atoms with Crippen molar-refractivity contribution in [2.75, 3.05) is 6.61 Å². The molecule has 0 unspecified atom stereocenters. The smallest absolute Gasteiger partial charge is 0.240 e. The Hall–Kier alpha value is -1.63. The van der Waals surface area contributed by atoms with Gasteiger partial charge in [0.15, 0.2) is 0 Å². The highest BCUT2D eigenvalue weighted by molar-refractivity contribution is 7.89. The molecule has 0 aliphatic heterocycles. The Morgan fingerprint density at radius 2 is 1.86 bits per heavy atom. The van der Waals surface area contributed by atoms with Crippen molar-refractivity contribution in [2.45, 2.75) is 18.4 Å². The lowest BCUT2D eigenvalue weighted by molar-refractivity contribution is 0.340. The summed E-state index contributed by atoms with van der Waals surface area (Å²) in [6, 6.07) is 9.99. The summed E-state index contributed by atoms with van der Waals surface area (Å²) in [4.78, 5) is 0.0818. The Bertz CT molecular complexity index is 748. The fourth-order valence-corrected chi connectivity index (χ4v) is 3.02. The van der Waals surface area contributed by atoms with Gasteiger partial charge in [-0.3, -0.25) is 0 Å². The van der Waals surface area contributed by atoms with Crippen LogP contribution in [0.4, 0.5) is 4.39 Å². The van der Waals surface area contributed by atoms with E-state index in [9.17, 15) is 12.8 Å². The molecule has 0 saturated heterocycles. The maximum Gasteiger partial charge on any atom is 0.240 e. The fourth-order valence-electron chi connectivity index (χ4n) is 1.82. The Morgan fingerprint density at radius 3 is 2.50 bits per heavy atom. The van der Waals surface area contributed by atoms with Crippen LogP contribution in [0.15, 0.2) is 47.4 Å². The molecule has 2 aromatic rings. The third-order valence-corrected chi connectivity index (χ3v) is 4.56. The van der Waals surface area contributed by atoms with E-state index in [1.165, 1.54) is 30.3 Å². The topological polar surface area (TPSA) is 55.4 Å². The van der Waals surface area contributed by atoms with E-state index in [4.69, 9.17) is 16.3 Å². The van der Waals surface area contributed by atoms with Gasteiger partial charge in [-0.1, -0.05) is 11.6 Å². The first kappa shape index (κ1) is 16.7. The summed E-state index contributed by atoms with van der Waals surface area (Å²) >= 11 is 5.77. The minimum Gasteiger partial charge on any atom is -0.494 e. The highest BCUT2D eigenvalue weighted by atomic mass is 35.5. The second-order valence-corrected chi connectivity index (χ2v) is 6.67. The molecule has 2 rings (SSSR count). The molecule has 1 N–H and O–H groups in total. The zero-order valence-corrected chi connectivity index (χ0v) is 13.4. The van der Waals surface area contributed by atoms with E-state index in [0.717, 1.165) is 0 Å². The summed E-state index contributed by atoms with van der Waals surface area (Å²) in [6.45, 7) is 2.16. The van der Waals surface area contributed by atoms with Gasteiger partial charge in [0, 0.05) is 17.1 Å². The molecule has 4 nitrogen and oxygen atoms in total. The molecule has 0 fully saturated rings. The van der Waals surface area contributed by atoms with Gasteiger partial charge in [-0.25, -0.2) is 17.5 Å². The quantitative estimate of drug-likeness (QED) is 0.875. The number of hydrogen-bond donors (Lipinski definition) is 1. The maximum atomic E-state index is 13.6. The number of nitrogens with one attached hydrogen (secondary N) is 1. The zero-order valence-electron chi connectivity index (χ0n) is 11.8. The van der Waals surface area contributed by atoms with E-state index in [1.807, 2.05) is 6.92 Å². The lowest BCUT2D eigenvalue weighted by Gasteiger charge is -2.09. The molecule has 0 amide bonds. The van der Waals surface area contributed by atoms with Crippen LogP contribution in [0.1, 0.15) is 12.5 Å². The monoisotopic (exact) mass is 343 g/mol. The number of halogens is 2. The van der Waals surface area contributed by atoms with Gasteiger partial charge in [-0.2, -0.15) is 0 Å². The standard InChI is InChI=1S/C15H15ClFNO3S/c1-2-21-13-4-6-14(7-5-13)22(19,20)18-10-11-9-12(16)3-8-15(11)17/h3-9,18H,2,10H2,1H3. The molecule has 0 saturated carbocycles. The number of benzene rings is 2. The van der Waals surface area contributed by atoms with Crippen molar-refractivity contribution in [3.8, 4) is 5.75 Å². The van der Waals surface area contributed by atoms with Gasteiger partial charge in [0.2, 0.25) is 10.0 Å². The summed E-state index contributed by atoms with van der Waals surface area (Å²) < 4.78 is 45.5. The number of rotatable bonds is 6. The van der Waals surface area contributed by atoms with Crippen molar-refractivity contribution in [1.82, 2.24) is 4.72 Å². The third-order valence-electron chi connectivity index (χ3n) is 2.91. The molecule has 7 heteroatoms. The Morgan fingerprint density at radius 1 is 1.18 bits per heavy atom. The predicted molar refractivity (Wildman–Crippen MR) is 83.0 cm³/mol. The Balaban J connectivity index is 2.12. The Kier molecular flexibility index (Phi) is 5.39. The first-order valence-corrected chi connectivity index (χ1v) is 8.45. The molecule has 0 atom stereocenters. The molecular formula is C15H15ClFNO3S. The molecule has 0 heterocycles. The van der Waals surface area contributed by atoms with Gasteiger partial charge >= 0.3 is 0 Å². The molecule has 22 heavy (non-hydrogen) atoms. The van der Waals surface area contributed by atoms with Gasteiger partial charge in [0.25, 0.3) is 0 Å². The van der Waals surface area contributed by atoms with Gasteiger partial charge in [0.05, 0.1) is 11.5 Å². The molecule has 0 radical (unpaired) electrons. The van der Waals surface area contributed by atoms with Crippen molar-refractivity contribution in [2.24, 2.45) is 0 Å². The van der Waals surface area contributed by atoms with E-state index in [-0.39, 0.29) is 17.0 Å².